The molecular weight excluding hydrogens is 282 g/mol. The molecule has 0 N–H and O–H groups in total. The van der Waals surface area contributed by atoms with Crippen LogP contribution >= 0.6 is 0 Å². The number of likely N-dealkylation sites (tertiary alicyclic amines) is 1. The molecule has 0 amide bonds. The Balaban J connectivity index is 1.55. The van der Waals surface area contributed by atoms with Gasteiger partial charge in [-0.05, 0) is 31.5 Å². The van der Waals surface area contributed by atoms with Crippen molar-refractivity contribution in [2.24, 2.45) is 7.05 Å². The molecule has 1 aliphatic rings. The summed E-state index contributed by atoms with van der Waals surface area (Å²) in [7, 11) is 1.98. The molecule has 3 rings (SSSR count). The number of nitro benzene ring substituents is 1. The van der Waals surface area contributed by atoms with Gasteiger partial charge >= 0.3 is 0 Å². The van der Waals surface area contributed by atoms with Gasteiger partial charge < -0.3 is 4.57 Å². The van der Waals surface area contributed by atoms with Crippen LogP contribution in [0.25, 0.3) is 0 Å². The fraction of sp³-hybridized carbons (Fsp3) is 0.467. The first-order chi connectivity index (χ1) is 10.6. The third-order valence-electron chi connectivity index (χ3n) is 4.25. The van der Waals surface area contributed by atoms with Crippen LogP contribution in [0.5, 0.6) is 0 Å². The Labute approximate surface area is 128 Å². The number of non-ortho nitro benzene ring substituents is 1. The predicted octanol–water partition coefficient (Wildman–Crippen LogP) is 2.10. The summed E-state index contributed by atoms with van der Waals surface area (Å²) in [4.78, 5) is 12.7. The Morgan fingerprint density at radius 2 is 1.95 bits per heavy atom. The van der Waals surface area contributed by atoms with Gasteiger partial charge in [-0.1, -0.05) is 12.1 Å². The molecule has 0 saturated carbocycles. The van der Waals surface area contributed by atoms with E-state index in [9.17, 15) is 10.1 Å². The lowest BCUT2D eigenvalue weighted by molar-refractivity contribution is -0.384. The largest absolute Gasteiger partial charge is 0.320 e. The third kappa shape index (κ3) is 3.14. The lowest BCUT2D eigenvalue weighted by Gasteiger charge is -2.31. The minimum Gasteiger partial charge on any atom is -0.320 e. The van der Waals surface area contributed by atoms with E-state index in [0.29, 0.717) is 5.92 Å². The van der Waals surface area contributed by atoms with Crippen molar-refractivity contribution < 1.29 is 4.92 Å². The van der Waals surface area contributed by atoms with Gasteiger partial charge in [0.05, 0.1) is 4.92 Å². The van der Waals surface area contributed by atoms with E-state index in [4.69, 9.17) is 0 Å². The molecule has 1 aromatic carbocycles. The molecule has 1 aromatic heterocycles. The van der Waals surface area contributed by atoms with Gasteiger partial charge in [-0.25, -0.2) is 0 Å². The lowest BCUT2D eigenvalue weighted by Crippen LogP contribution is -2.33. The number of rotatable bonds is 4. The Hall–Kier alpha value is -2.28. The highest BCUT2D eigenvalue weighted by Gasteiger charge is 2.23. The van der Waals surface area contributed by atoms with E-state index >= 15 is 0 Å². The number of piperidine rings is 1. The van der Waals surface area contributed by atoms with Gasteiger partial charge in [0.15, 0.2) is 0 Å². The Kier molecular flexibility index (Phi) is 4.15. The van der Waals surface area contributed by atoms with Crippen molar-refractivity contribution in [3.63, 3.8) is 0 Å². The average molecular weight is 301 g/mol. The number of aryl methyl sites for hydroxylation is 1. The molecule has 116 valence electrons. The van der Waals surface area contributed by atoms with E-state index in [0.717, 1.165) is 43.9 Å². The summed E-state index contributed by atoms with van der Waals surface area (Å²) in [5.41, 5.74) is 1.26. The predicted molar refractivity (Wildman–Crippen MR) is 81.4 cm³/mol. The highest BCUT2D eigenvalue weighted by atomic mass is 16.6. The number of benzene rings is 1. The molecule has 2 heterocycles. The van der Waals surface area contributed by atoms with E-state index in [1.54, 1.807) is 18.5 Å². The summed E-state index contributed by atoms with van der Waals surface area (Å²) in [6, 6.07) is 6.82. The van der Waals surface area contributed by atoms with E-state index in [1.807, 2.05) is 23.7 Å². The van der Waals surface area contributed by atoms with Crippen molar-refractivity contribution >= 4 is 5.69 Å². The molecule has 0 spiro atoms. The van der Waals surface area contributed by atoms with Crippen LogP contribution < -0.4 is 0 Å². The monoisotopic (exact) mass is 301 g/mol. The van der Waals surface area contributed by atoms with Crippen LogP contribution in [0.4, 0.5) is 5.69 Å². The van der Waals surface area contributed by atoms with Crippen molar-refractivity contribution in [2.45, 2.75) is 25.3 Å². The van der Waals surface area contributed by atoms with Gasteiger partial charge in [-0.3, -0.25) is 15.0 Å². The number of aromatic nitrogens is 3. The maximum absolute atomic E-state index is 10.7. The first-order valence-electron chi connectivity index (χ1n) is 7.43. The van der Waals surface area contributed by atoms with Gasteiger partial charge in [0.1, 0.15) is 12.2 Å². The van der Waals surface area contributed by atoms with Crippen LogP contribution in [0.2, 0.25) is 0 Å². The zero-order chi connectivity index (χ0) is 15.5. The second-order valence-electron chi connectivity index (χ2n) is 5.77. The summed E-state index contributed by atoms with van der Waals surface area (Å²) in [5, 5.41) is 18.8. The summed E-state index contributed by atoms with van der Waals surface area (Å²) < 4.78 is 2.00. The number of nitro groups is 1. The Bertz CT molecular complexity index is 644. The first-order valence-corrected chi connectivity index (χ1v) is 7.43. The van der Waals surface area contributed by atoms with E-state index < -0.39 is 0 Å². The summed E-state index contributed by atoms with van der Waals surface area (Å²) in [6.07, 6.45) is 3.89. The van der Waals surface area contributed by atoms with Gasteiger partial charge in [-0.15, -0.1) is 10.2 Å². The summed E-state index contributed by atoms with van der Waals surface area (Å²) in [5.74, 6) is 1.54. The van der Waals surface area contributed by atoms with Crippen LogP contribution in [0.1, 0.15) is 30.1 Å². The second kappa shape index (κ2) is 6.23. The van der Waals surface area contributed by atoms with Crippen molar-refractivity contribution in [2.75, 3.05) is 13.1 Å². The molecule has 1 aliphatic heterocycles. The molecule has 0 bridgehead atoms. The lowest BCUT2D eigenvalue weighted by atomic mass is 9.95. The highest BCUT2D eigenvalue weighted by Crippen LogP contribution is 2.27. The maximum atomic E-state index is 10.7. The fourth-order valence-corrected chi connectivity index (χ4v) is 2.99. The highest BCUT2D eigenvalue weighted by molar-refractivity contribution is 5.32. The molecule has 2 aromatic rings. The molecule has 1 fully saturated rings. The molecule has 1 saturated heterocycles. The quantitative estimate of drug-likeness (QED) is 0.638. The number of nitrogens with zero attached hydrogens (tertiary/aromatic N) is 5. The third-order valence-corrected chi connectivity index (χ3v) is 4.25. The van der Waals surface area contributed by atoms with E-state index in [1.165, 1.54) is 0 Å². The van der Waals surface area contributed by atoms with Gasteiger partial charge in [0.25, 0.3) is 5.69 Å². The standard InChI is InChI=1S/C15H19N5O2/c1-18-11-16-17-15(18)13-6-8-19(9-7-13)10-12-2-4-14(5-3-12)20(21)22/h2-5,11,13H,6-10H2,1H3. The smallest absolute Gasteiger partial charge is 0.269 e. The zero-order valence-electron chi connectivity index (χ0n) is 12.6. The minimum atomic E-state index is -0.365. The molecule has 0 radical (unpaired) electrons. The van der Waals surface area contributed by atoms with E-state index in [2.05, 4.69) is 15.1 Å². The van der Waals surface area contributed by atoms with Crippen LogP contribution in [-0.4, -0.2) is 37.7 Å². The normalized spacial score (nSPS) is 16.8. The SMILES string of the molecule is Cn1cnnc1C1CCN(Cc2ccc([N+](=O)[O-])cc2)CC1. The van der Waals surface area contributed by atoms with Crippen molar-refractivity contribution in [1.29, 1.82) is 0 Å². The maximum Gasteiger partial charge on any atom is 0.269 e. The Morgan fingerprint density at radius 1 is 1.27 bits per heavy atom. The van der Waals surface area contributed by atoms with Gasteiger partial charge in [0, 0.05) is 31.6 Å². The second-order valence-corrected chi connectivity index (χ2v) is 5.77. The Morgan fingerprint density at radius 3 is 2.50 bits per heavy atom. The van der Waals surface area contributed by atoms with Crippen LogP contribution in [0.15, 0.2) is 30.6 Å². The van der Waals surface area contributed by atoms with Crippen molar-refractivity contribution in [1.82, 2.24) is 19.7 Å². The van der Waals surface area contributed by atoms with Crippen molar-refractivity contribution in [3.8, 4) is 0 Å². The van der Waals surface area contributed by atoms with Crippen molar-refractivity contribution in [3.05, 3.63) is 52.1 Å². The van der Waals surface area contributed by atoms with E-state index in [-0.39, 0.29) is 10.6 Å². The molecule has 0 atom stereocenters. The molecule has 7 heteroatoms. The number of hydrogen-bond acceptors (Lipinski definition) is 5. The molecule has 22 heavy (non-hydrogen) atoms. The minimum absolute atomic E-state index is 0.143. The topological polar surface area (TPSA) is 77.1 Å². The van der Waals surface area contributed by atoms with Crippen LogP contribution in [0, 0.1) is 10.1 Å². The molecular formula is C15H19N5O2. The van der Waals surface area contributed by atoms with Gasteiger partial charge in [0.2, 0.25) is 0 Å². The first kappa shape index (κ1) is 14.6. The average Bonchev–Trinajstić information content (AvgIpc) is 2.95. The van der Waals surface area contributed by atoms with Crippen LogP contribution in [0.3, 0.4) is 0 Å². The van der Waals surface area contributed by atoms with Crippen LogP contribution in [-0.2, 0) is 13.6 Å². The van der Waals surface area contributed by atoms with Gasteiger partial charge in [-0.2, -0.15) is 0 Å². The molecule has 0 aliphatic carbocycles. The molecule has 0 unspecified atom stereocenters. The molecule has 7 nitrogen and oxygen atoms in total. The fourth-order valence-electron chi connectivity index (χ4n) is 2.99. The summed E-state index contributed by atoms with van der Waals surface area (Å²) in [6.45, 7) is 2.85. The number of hydrogen-bond donors (Lipinski definition) is 0. The summed E-state index contributed by atoms with van der Waals surface area (Å²) >= 11 is 0. The zero-order valence-corrected chi connectivity index (χ0v) is 12.6.